The molecule has 108 valence electrons. The van der Waals surface area contributed by atoms with Gasteiger partial charge in [-0.2, -0.15) is 0 Å². The molecule has 0 aliphatic rings. The van der Waals surface area contributed by atoms with Crippen LogP contribution in [-0.4, -0.2) is 11.8 Å². The Morgan fingerprint density at radius 2 is 1.57 bits per heavy atom. The SMILES string of the molecule is CC(=O)NCc1cccc(-c2cccc(NC(C)=O)c2)c1. The van der Waals surface area contributed by atoms with Crippen LogP contribution in [0.2, 0.25) is 0 Å². The molecule has 0 bridgehead atoms. The number of hydrogen-bond acceptors (Lipinski definition) is 2. The second kappa shape index (κ2) is 6.70. The summed E-state index contributed by atoms with van der Waals surface area (Å²) in [5, 5.41) is 5.56. The lowest BCUT2D eigenvalue weighted by atomic mass is 10.0. The first-order valence-electron chi connectivity index (χ1n) is 6.76. The Bertz CT molecular complexity index is 665. The summed E-state index contributed by atoms with van der Waals surface area (Å²) in [7, 11) is 0. The van der Waals surface area contributed by atoms with Gasteiger partial charge in [0, 0.05) is 26.1 Å². The summed E-state index contributed by atoms with van der Waals surface area (Å²) in [4.78, 5) is 22.1. The van der Waals surface area contributed by atoms with Crippen LogP contribution in [0.25, 0.3) is 11.1 Å². The van der Waals surface area contributed by atoms with Gasteiger partial charge in [-0.25, -0.2) is 0 Å². The van der Waals surface area contributed by atoms with Gasteiger partial charge in [0.25, 0.3) is 0 Å². The van der Waals surface area contributed by atoms with Crippen LogP contribution in [0.3, 0.4) is 0 Å². The first-order valence-corrected chi connectivity index (χ1v) is 6.76. The Balaban J connectivity index is 2.23. The average Bonchev–Trinajstić information content (AvgIpc) is 2.45. The van der Waals surface area contributed by atoms with E-state index in [1.807, 2.05) is 48.5 Å². The van der Waals surface area contributed by atoms with Crippen molar-refractivity contribution >= 4 is 17.5 Å². The minimum atomic E-state index is -0.0911. The van der Waals surface area contributed by atoms with Crippen molar-refractivity contribution in [2.75, 3.05) is 5.32 Å². The molecule has 21 heavy (non-hydrogen) atoms. The van der Waals surface area contributed by atoms with E-state index in [9.17, 15) is 9.59 Å². The molecule has 4 heteroatoms. The molecule has 2 rings (SSSR count). The van der Waals surface area contributed by atoms with Crippen LogP contribution < -0.4 is 10.6 Å². The van der Waals surface area contributed by atoms with Crippen LogP contribution in [-0.2, 0) is 16.1 Å². The lowest BCUT2D eigenvalue weighted by Crippen LogP contribution is -2.18. The van der Waals surface area contributed by atoms with Gasteiger partial charge in [-0.05, 0) is 34.9 Å². The monoisotopic (exact) mass is 282 g/mol. The summed E-state index contributed by atoms with van der Waals surface area (Å²) >= 11 is 0. The molecule has 0 aliphatic heterocycles. The summed E-state index contributed by atoms with van der Waals surface area (Å²) in [5.74, 6) is -0.139. The van der Waals surface area contributed by atoms with Crippen LogP contribution in [0.4, 0.5) is 5.69 Å². The van der Waals surface area contributed by atoms with Crippen LogP contribution >= 0.6 is 0 Å². The summed E-state index contributed by atoms with van der Waals surface area (Å²) in [6.45, 7) is 3.50. The molecule has 0 atom stereocenters. The maximum absolute atomic E-state index is 11.1. The van der Waals surface area contributed by atoms with Crippen LogP contribution in [0, 0.1) is 0 Å². The first kappa shape index (κ1) is 14.8. The van der Waals surface area contributed by atoms with E-state index < -0.39 is 0 Å². The van der Waals surface area contributed by atoms with E-state index >= 15 is 0 Å². The van der Waals surface area contributed by atoms with Gasteiger partial charge >= 0.3 is 0 Å². The van der Waals surface area contributed by atoms with E-state index in [-0.39, 0.29) is 11.8 Å². The highest BCUT2D eigenvalue weighted by Gasteiger charge is 2.02. The van der Waals surface area contributed by atoms with Gasteiger partial charge in [-0.1, -0.05) is 30.3 Å². The number of amides is 2. The fourth-order valence-electron chi connectivity index (χ4n) is 2.07. The lowest BCUT2D eigenvalue weighted by Gasteiger charge is -2.08. The highest BCUT2D eigenvalue weighted by Crippen LogP contribution is 2.23. The van der Waals surface area contributed by atoms with Gasteiger partial charge in [0.15, 0.2) is 0 Å². The highest BCUT2D eigenvalue weighted by atomic mass is 16.2. The molecule has 0 spiro atoms. The minimum absolute atomic E-state index is 0.0481. The smallest absolute Gasteiger partial charge is 0.221 e. The van der Waals surface area contributed by atoms with Crippen LogP contribution in [0.1, 0.15) is 19.4 Å². The predicted molar refractivity (Wildman–Crippen MR) is 83.7 cm³/mol. The van der Waals surface area contributed by atoms with Crippen molar-refractivity contribution in [2.24, 2.45) is 0 Å². The van der Waals surface area contributed by atoms with Crippen LogP contribution in [0.5, 0.6) is 0 Å². The van der Waals surface area contributed by atoms with Crippen molar-refractivity contribution in [2.45, 2.75) is 20.4 Å². The molecule has 0 saturated heterocycles. The van der Waals surface area contributed by atoms with E-state index in [1.165, 1.54) is 13.8 Å². The minimum Gasteiger partial charge on any atom is -0.352 e. The van der Waals surface area contributed by atoms with Gasteiger partial charge in [-0.15, -0.1) is 0 Å². The van der Waals surface area contributed by atoms with E-state index in [1.54, 1.807) is 0 Å². The quantitative estimate of drug-likeness (QED) is 0.905. The molecule has 0 aromatic heterocycles. The van der Waals surface area contributed by atoms with Crippen molar-refractivity contribution in [1.82, 2.24) is 5.32 Å². The fourth-order valence-corrected chi connectivity index (χ4v) is 2.07. The molecular formula is C17H18N2O2. The molecule has 0 saturated carbocycles. The molecule has 2 N–H and O–H groups in total. The number of hydrogen-bond donors (Lipinski definition) is 2. The maximum atomic E-state index is 11.1. The largest absolute Gasteiger partial charge is 0.352 e. The topological polar surface area (TPSA) is 58.2 Å². The Labute approximate surface area is 124 Å². The Kier molecular flexibility index (Phi) is 4.72. The lowest BCUT2D eigenvalue weighted by molar-refractivity contribution is -0.119. The van der Waals surface area contributed by atoms with Crippen LogP contribution in [0.15, 0.2) is 48.5 Å². The molecule has 2 amide bonds. The maximum Gasteiger partial charge on any atom is 0.221 e. The number of rotatable bonds is 4. The van der Waals surface area contributed by atoms with E-state index in [2.05, 4.69) is 10.6 Å². The zero-order valence-corrected chi connectivity index (χ0v) is 12.1. The third-order valence-electron chi connectivity index (χ3n) is 2.98. The zero-order chi connectivity index (χ0) is 15.2. The molecule has 2 aromatic rings. The second-order valence-electron chi connectivity index (χ2n) is 4.87. The zero-order valence-electron chi connectivity index (χ0n) is 12.1. The molecule has 2 aromatic carbocycles. The number of nitrogens with one attached hydrogen (secondary N) is 2. The normalized spacial score (nSPS) is 10.0. The Hall–Kier alpha value is -2.62. The number of benzene rings is 2. The fraction of sp³-hybridized carbons (Fsp3) is 0.176. The molecule has 4 nitrogen and oxygen atoms in total. The average molecular weight is 282 g/mol. The molecule has 0 aliphatic carbocycles. The van der Waals surface area contributed by atoms with E-state index in [0.717, 1.165) is 22.4 Å². The van der Waals surface area contributed by atoms with Crippen molar-refractivity contribution in [3.63, 3.8) is 0 Å². The third-order valence-corrected chi connectivity index (χ3v) is 2.98. The van der Waals surface area contributed by atoms with E-state index in [0.29, 0.717) is 6.54 Å². The van der Waals surface area contributed by atoms with Crippen molar-refractivity contribution < 1.29 is 9.59 Å². The number of carbonyl (C=O) groups excluding carboxylic acids is 2. The summed E-state index contributed by atoms with van der Waals surface area (Å²) in [6, 6.07) is 15.6. The molecule has 0 unspecified atom stereocenters. The molecule has 0 radical (unpaired) electrons. The predicted octanol–water partition coefficient (Wildman–Crippen LogP) is 2.95. The molecular weight excluding hydrogens is 264 g/mol. The van der Waals surface area contributed by atoms with Crippen molar-refractivity contribution in [1.29, 1.82) is 0 Å². The summed E-state index contributed by atoms with van der Waals surface area (Å²) in [5.41, 5.74) is 3.87. The van der Waals surface area contributed by atoms with Gasteiger partial charge in [0.1, 0.15) is 0 Å². The van der Waals surface area contributed by atoms with Crippen molar-refractivity contribution in [3.8, 4) is 11.1 Å². The standard InChI is InChI=1S/C17H18N2O2/c1-12(20)18-11-14-5-3-6-15(9-14)16-7-4-8-17(10-16)19-13(2)21/h3-10H,11H2,1-2H3,(H,18,20)(H,19,21). The van der Waals surface area contributed by atoms with Crippen molar-refractivity contribution in [3.05, 3.63) is 54.1 Å². The number of carbonyl (C=O) groups is 2. The van der Waals surface area contributed by atoms with Gasteiger partial charge in [0.05, 0.1) is 0 Å². The summed E-state index contributed by atoms with van der Waals surface area (Å²) in [6.07, 6.45) is 0. The van der Waals surface area contributed by atoms with Gasteiger partial charge in [-0.3, -0.25) is 9.59 Å². The number of anilines is 1. The third kappa shape index (κ3) is 4.45. The van der Waals surface area contributed by atoms with Gasteiger partial charge < -0.3 is 10.6 Å². The second-order valence-corrected chi connectivity index (χ2v) is 4.87. The Morgan fingerprint density at radius 1 is 0.905 bits per heavy atom. The van der Waals surface area contributed by atoms with E-state index in [4.69, 9.17) is 0 Å². The molecule has 0 heterocycles. The first-order chi connectivity index (χ1) is 10.0. The van der Waals surface area contributed by atoms with Gasteiger partial charge in [0.2, 0.25) is 11.8 Å². The highest BCUT2D eigenvalue weighted by molar-refractivity contribution is 5.89. The Morgan fingerprint density at radius 3 is 2.24 bits per heavy atom. The molecule has 0 fully saturated rings. The summed E-state index contributed by atoms with van der Waals surface area (Å²) < 4.78 is 0.